The Balaban J connectivity index is 2.64. The zero-order valence-corrected chi connectivity index (χ0v) is 12.3. The normalized spacial score (nSPS) is 10.7. The lowest BCUT2D eigenvalue weighted by Gasteiger charge is -2.11. The molecule has 1 nitrogen and oxygen atoms in total. The molecule has 0 fully saturated rings. The molecule has 0 saturated heterocycles. The average Bonchev–Trinajstić information content (AvgIpc) is 2.25. The van der Waals surface area contributed by atoms with E-state index in [0.29, 0.717) is 11.1 Å². The van der Waals surface area contributed by atoms with E-state index in [-0.39, 0.29) is 10.0 Å². The number of rotatable bonds is 2. The van der Waals surface area contributed by atoms with Crippen molar-refractivity contribution in [3.8, 4) is 0 Å². The van der Waals surface area contributed by atoms with Crippen molar-refractivity contribution in [1.29, 1.82) is 0 Å². The molecule has 0 bridgehead atoms. The first-order chi connectivity index (χ1) is 9.31. The number of ketones is 1. The van der Waals surface area contributed by atoms with Crippen LogP contribution in [0.2, 0.25) is 0 Å². The van der Waals surface area contributed by atoms with Crippen molar-refractivity contribution < 1.29 is 18.0 Å². The standard InChI is InChI=1S/C15H10BrF3O/c1-7-3-10(17)4-8(2)13(7)15(20)14-11(18)5-9(16)6-12(14)19/h3-6H,1-2H3. The van der Waals surface area contributed by atoms with Crippen molar-refractivity contribution >= 4 is 21.7 Å². The van der Waals surface area contributed by atoms with Crippen molar-refractivity contribution in [1.82, 2.24) is 0 Å². The number of carbonyl (C=O) groups is 1. The molecular weight excluding hydrogens is 333 g/mol. The van der Waals surface area contributed by atoms with Crippen LogP contribution >= 0.6 is 15.9 Å². The van der Waals surface area contributed by atoms with Gasteiger partial charge in [0.15, 0.2) is 5.78 Å². The van der Waals surface area contributed by atoms with Gasteiger partial charge in [0.1, 0.15) is 17.5 Å². The van der Waals surface area contributed by atoms with E-state index in [1.807, 2.05) is 0 Å². The van der Waals surface area contributed by atoms with E-state index in [1.165, 1.54) is 13.8 Å². The molecule has 5 heteroatoms. The molecule has 0 aliphatic rings. The number of benzene rings is 2. The van der Waals surface area contributed by atoms with Crippen LogP contribution in [0.15, 0.2) is 28.7 Å². The van der Waals surface area contributed by atoms with Crippen LogP contribution in [0.1, 0.15) is 27.0 Å². The van der Waals surface area contributed by atoms with Crippen LogP contribution in [-0.4, -0.2) is 5.78 Å². The highest BCUT2D eigenvalue weighted by Gasteiger charge is 2.23. The number of aryl methyl sites for hydroxylation is 2. The third kappa shape index (κ3) is 2.63. The Morgan fingerprint density at radius 2 is 1.35 bits per heavy atom. The van der Waals surface area contributed by atoms with Crippen molar-refractivity contribution in [2.24, 2.45) is 0 Å². The van der Waals surface area contributed by atoms with Crippen molar-refractivity contribution in [2.45, 2.75) is 13.8 Å². The molecule has 0 saturated carbocycles. The number of halogens is 4. The Labute approximate surface area is 122 Å². The second kappa shape index (κ2) is 5.40. The van der Waals surface area contributed by atoms with Gasteiger partial charge in [-0.15, -0.1) is 0 Å². The van der Waals surface area contributed by atoms with Gasteiger partial charge in [0.25, 0.3) is 0 Å². The monoisotopic (exact) mass is 342 g/mol. The van der Waals surface area contributed by atoms with Crippen LogP contribution in [-0.2, 0) is 0 Å². The van der Waals surface area contributed by atoms with E-state index in [2.05, 4.69) is 15.9 Å². The molecule has 0 aliphatic heterocycles. The summed E-state index contributed by atoms with van der Waals surface area (Å²) in [5.41, 5.74) is 0.168. The van der Waals surface area contributed by atoms with Gasteiger partial charge in [0, 0.05) is 10.0 Å². The highest BCUT2D eigenvalue weighted by atomic mass is 79.9. The first-order valence-electron chi connectivity index (χ1n) is 5.77. The maximum absolute atomic E-state index is 13.8. The Morgan fingerprint density at radius 1 is 0.900 bits per heavy atom. The zero-order chi connectivity index (χ0) is 15.0. The van der Waals surface area contributed by atoms with Gasteiger partial charge >= 0.3 is 0 Å². The lowest BCUT2D eigenvalue weighted by Crippen LogP contribution is -2.11. The summed E-state index contributed by atoms with van der Waals surface area (Å²) in [7, 11) is 0. The smallest absolute Gasteiger partial charge is 0.199 e. The molecule has 0 spiro atoms. The summed E-state index contributed by atoms with van der Waals surface area (Å²) in [6.45, 7) is 3.05. The Hall–Kier alpha value is -1.62. The summed E-state index contributed by atoms with van der Waals surface area (Å²) in [5.74, 6) is -3.19. The van der Waals surface area contributed by atoms with E-state index in [1.54, 1.807) is 0 Å². The van der Waals surface area contributed by atoms with E-state index in [0.717, 1.165) is 24.3 Å². The van der Waals surface area contributed by atoms with E-state index in [9.17, 15) is 18.0 Å². The number of carbonyl (C=O) groups excluding carboxylic acids is 1. The van der Waals surface area contributed by atoms with Gasteiger partial charge in [0.2, 0.25) is 0 Å². The minimum Gasteiger partial charge on any atom is -0.288 e. The summed E-state index contributed by atoms with van der Waals surface area (Å²) in [4.78, 5) is 12.3. The van der Waals surface area contributed by atoms with Gasteiger partial charge in [-0.05, 0) is 49.2 Å². The van der Waals surface area contributed by atoms with Crippen LogP contribution in [0.5, 0.6) is 0 Å². The fourth-order valence-electron chi connectivity index (χ4n) is 2.15. The van der Waals surface area contributed by atoms with Crippen molar-refractivity contribution in [3.05, 3.63) is 68.4 Å². The molecule has 2 aromatic carbocycles. The topological polar surface area (TPSA) is 17.1 Å². The molecule has 0 aliphatic carbocycles. The van der Waals surface area contributed by atoms with E-state index >= 15 is 0 Å². The second-order valence-electron chi connectivity index (χ2n) is 4.49. The summed E-state index contributed by atoms with van der Waals surface area (Å²) in [6.07, 6.45) is 0. The Kier molecular flexibility index (Phi) is 3.99. The highest BCUT2D eigenvalue weighted by molar-refractivity contribution is 9.10. The summed E-state index contributed by atoms with van der Waals surface area (Å²) < 4.78 is 41.1. The molecule has 20 heavy (non-hydrogen) atoms. The quantitative estimate of drug-likeness (QED) is 0.722. The lowest BCUT2D eigenvalue weighted by molar-refractivity contribution is 0.103. The van der Waals surface area contributed by atoms with Crippen molar-refractivity contribution in [2.75, 3.05) is 0 Å². The second-order valence-corrected chi connectivity index (χ2v) is 5.40. The van der Waals surface area contributed by atoms with Crippen LogP contribution < -0.4 is 0 Å². The molecule has 2 aromatic rings. The number of hydrogen-bond donors (Lipinski definition) is 0. The first-order valence-corrected chi connectivity index (χ1v) is 6.56. The predicted molar refractivity (Wildman–Crippen MR) is 73.4 cm³/mol. The molecule has 104 valence electrons. The van der Waals surface area contributed by atoms with Gasteiger partial charge in [-0.25, -0.2) is 13.2 Å². The molecule has 0 radical (unpaired) electrons. The molecule has 0 heterocycles. The van der Waals surface area contributed by atoms with Crippen LogP contribution in [0, 0.1) is 31.3 Å². The number of hydrogen-bond acceptors (Lipinski definition) is 1. The highest BCUT2D eigenvalue weighted by Crippen LogP contribution is 2.25. The molecular formula is C15H10BrF3O. The molecule has 0 atom stereocenters. The zero-order valence-electron chi connectivity index (χ0n) is 10.7. The van der Waals surface area contributed by atoms with E-state index in [4.69, 9.17) is 0 Å². The third-order valence-electron chi connectivity index (χ3n) is 2.96. The van der Waals surface area contributed by atoms with Gasteiger partial charge in [0.05, 0.1) is 5.56 Å². The van der Waals surface area contributed by atoms with Gasteiger partial charge < -0.3 is 0 Å². The largest absolute Gasteiger partial charge is 0.288 e. The van der Waals surface area contributed by atoms with Crippen LogP contribution in [0.3, 0.4) is 0 Å². The maximum atomic E-state index is 13.8. The Morgan fingerprint density at radius 3 is 1.80 bits per heavy atom. The molecule has 0 aromatic heterocycles. The molecule has 2 rings (SSSR count). The minimum absolute atomic E-state index is 0.117. The predicted octanol–water partition coefficient (Wildman–Crippen LogP) is 4.71. The van der Waals surface area contributed by atoms with Crippen LogP contribution in [0.4, 0.5) is 13.2 Å². The van der Waals surface area contributed by atoms with Gasteiger partial charge in [-0.1, -0.05) is 15.9 Å². The van der Waals surface area contributed by atoms with Gasteiger partial charge in [-0.2, -0.15) is 0 Å². The molecule has 0 N–H and O–H groups in total. The SMILES string of the molecule is Cc1cc(F)cc(C)c1C(=O)c1c(F)cc(Br)cc1F. The lowest BCUT2D eigenvalue weighted by atomic mass is 9.94. The van der Waals surface area contributed by atoms with Crippen molar-refractivity contribution in [3.63, 3.8) is 0 Å². The maximum Gasteiger partial charge on any atom is 0.199 e. The summed E-state index contributed by atoms with van der Waals surface area (Å²) in [6, 6.07) is 4.36. The summed E-state index contributed by atoms with van der Waals surface area (Å²) in [5, 5.41) is 0. The Bertz CT molecular complexity index is 605. The molecule has 0 unspecified atom stereocenters. The van der Waals surface area contributed by atoms with Gasteiger partial charge in [-0.3, -0.25) is 4.79 Å². The van der Waals surface area contributed by atoms with E-state index < -0.39 is 28.8 Å². The first kappa shape index (κ1) is 14.8. The molecule has 0 amide bonds. The fourth-order valence-corrected chi connectivity index (χ4v) is 2.55. The average molecular weight is 343 g/mol. The van der Waals surface area contributed by atoms with Crippen LogP contribution in [0.25, 0.3) is 0 Å². The third-order valence-corrected chi connectivity index (χ3v) is 3.42. The minimum atomic E-state index is -0.954. The summed E-state index contributed by atoms with van der Waals surface area (Å²) >= 11 is 2.95. The fraction of sp³-hybridized carbons (Fsp3) is 0.133.